The maximum atomic E-state index is 14.3. The number of aromatic nitrogens is 2. The fourth-order valence-electron chi connectivity index (χ4n) is 6.38. The number of piperazine rings is 1. The number of carboxylic acid groups (broad SMARTS) is 1. The van der Waals surface area contributed by atoms with Gasteiger partial charge in [0, 0.05) is 31.0 Å². The molecule has 2 N–H and O–H groups in total. The summed E-state index contributed by atoms with van der Waals surface area (Å²) in [6, 6.07) is 18.0. The molecule has 1 aliphatic heterocycles. The van der Waals surface area contributed by atoms with Crippen LogP contribution in [-0.2, 0) is 16.3 Å². The first-order chi connectivity index (χ1) is 20.1. The first-order valence-electron chi connectivity index (χ1n) is 14.5. The molecule has 2 amide bonds. The van der Waals surface area contributed by atoms with Gasteiger partial charge in [-0.3, -0.25) is 4.79 Å². The molecule has 224 valence electrons. The summed E-state index contributed by atoms with van der Waals surface area (Å²) in [5.74, 6) is -0.737. The van der Waals surface area contributed by atoms with E-state index in [2.05, 4.69) is 4.98 Å². The summed E-state index contributed by atoms with van der Waals surface area (Å²) in [6.45, 7) is 2.15. The Kier molecular flexibility index (Phi) is 8.70. The largest absolute Gasteiger partial charge is 0.465 e. The molecule has 3 aromatic rings. The molecule has 1 aliphatic carbocycles. The smallest absolute Gasteiger partial charge is 0.407 e. The zero-order chi connectivity index (χ0) is 29.9. The highest BCUT2D eigenvalue weighted by molar-refractivity contribution is 7.91. The van der Waals surface area contributed by atoms with Gasteiger partial charge in [-0.1, -0.05) is 80.4 Å². The predicted octanol–water partition coefficient (Wildman–Crippen LogP) is 3.88. The van der Waals surface area contributed by atoms with Gasteiger partial charge >= 0.3 is 6.09 Å². The molecule has 42 heavy (non-hydrogen) atoms. The molecule has 2 aliphatic rings. The number of hydrogen-bond acceptors (Lipinski definition) is 6. The fourth-order valence-corrected chi connectivity index (χ4v) is 7.68. The van der Waals surface area contributed by atoms with Gasteiger partial charge in [-0.15, -0.1) is 0 Å². The molecule has 0 radical (unpaired) electrons. The van der Waals surface area contributed by atoms with E-state index < -0.39 is 33.6 Å². The molecule has 1 saturated carbocycles. The topological polar surface area (TPSA) is 133 Å². The number of hydrogen-bond donors (Lipinski definition) is 2. The molecule has 0 bridgehead atoms. The number of rotatable bonds is 8. The van der Waals surface area contributed by atoms with Gasteiger partial charge in [0.15, 0.2) is 15.5 Å². The van der Waals surface area contributed by atoms with Crippen molar-refractivity contribution in [3.05, 3.63) is 78.2 Å². The molecule has 2 fully saturated rings. The van der Waals surface area contributed by atoms with Crippen molar-refractivity contribution in [1.29, 1.82) is 0 Å². The van der Waals surface area contributed by atoms with Gasteiger partial charge in [0.1, 0.15) is 0 Å². The van der Waals surface area contributed by atoms with Crippen molar-refractivity contribution in [1.82, 2.24) is 19.4 Å². The molecule has 5 rings (SSSR count). The summed E-state index contributed by atoms with van der Waals surface area (Å²) in [6.07, 6.45) is 3.42. The molecule has 10 nitrogen and oxygen atoms in total. The van der Waals surface area contributed by atoms with E-state index in [4.69, 9.17) is 0 Å². The van der Waals surface area contributed by atoms with Crippen LogP contribution in [0.3, 0.4) is 0 Å². The lowest BCUT2D eigenvalue weighted by Crippen LogP contribution is -2.57. The van der Waals surface area contributed by atoms with Crippen molar-refractivity contribution < 1.29 is 28.2 Å². The highest BCUT2D eigenvalue weighted by Gasteiger charge is 2.45. The molecule has 2 aromatic carbocycles. The summed E-state index contributed by atoms with van der Waals surface area (Å²) in [7, 11) is -3.48. The van der Waals surface area contributed by atoms with Crippen LogP contribution in [0.25, 0.3) is 11.3 Å². The van der Waals surface area contributed by atoms with Crippen LogP contribution in [0.5, 0.6) is 0 Å². The van der Waals surface area contributed by atoms with Crippen LogP contribution < -0.4 is 0 Å². The maximum absolute atomic E-state index is 14.3. The second kappa shape index (κ2) is 12.3. The Labute approximate surface area is 246 Å². The number of aliphatic hydroxyl groups is 1. The second-order valence-electron chi connectivity index (χ2n) is 11.3. The van der Waals surface area contributed by atoms with Gasteiger partial charge < -0.3 is 24.6 Å². The number of nitrogens with zero attached hydrogens (tertiary/aromatic N) is 4. The minimum absolute atomic E-state index is 0.0631. The highest BCUT2D eigenvalue weighted by atomic mass is 32.2. The van der Waals surface area contributed by atoms with Gasteiger partial charge in [-0.25, -0.2) is 18.2 Å². The van der Waals surface area contributed by atoms with Crippen molar-refractivity contribution in [2.24, 2.45) is 0 Å². The first kappa shape index (κ1) is 29.8. The number of amides is 2. The monoisotopic (exact) mass is 594 g/mol. The summed E-state index contributed by atoms with van der Waals surface area (Å²) >= 11 is 0. The molecule has 1 saturated heterocycles. The Balaban J connectivity index is 1.56. The number of imidazole rings is 1. The van der Waals surface area contributed by atoms with E-state index in [-0.39, 0.29) is 42.7 Å². The number of sulfone groups is 1. The molecule has 2 unspecified atom stereocenters. The zero-order valence-electron chi connectivity index (χ0n) is 23.8. The van der Waals surface area contributed by atoms with Gasteiger partial charge in [-0.2, -0.15) is 0 Å². The Morgan fingerprint density at radius 2 is 1.71 bits per heavy atom. The molecule has 2 heterocycles. The van der Waals surface area contributed by atoms with Gasteiger partial charge in [0.2, 0.25) is 0 Å². The standard InChI is InChI=1S/C31H38N4O6S/c1-2-42(40,41)21-31(39)16-10-9-15-26(31)35-22-32-27(28(35)24-13-7-4-8-14-24)29(36)34-18-17-33(30(37)38)20-25(34)19-23-11-5-3-6-12-23/h3-8,11-14,22,25-26,39H,2,9-10,15-21H2,1H3,(H,37,38)/t25-,26?,31?/m1/s1. The van der Waals surface area contributed by atoms with E-state index in [0.717, 1.165) is 17.5 Å². The summed E-state index contributed by atoms with van der Waals surface area (Å²) in [5, 5.41) is 21.5. The third kappa shape index (κ3) is 6.22. The molecule has 0 spiro atoms. The van der Waals surface area contributed by atoms with E-state index in [1.165, 1.54) is 4.90 Å². The van der Waals surface area contributed by atoms with Crippen molar-refractivity contribution in [2.75, 3.05) is 31.1 Å². The molecule has 1 aromatic heterocycles. The first-order valence-corrected chi connectivity index (χ1v) is 16.3. The van der Waals surface area contributed by atoms with E-state index in [1.54, 1.807) is 22.7 Å². The Morgan fingerprint density at radius 1 is 1.02 bits per heavy atom. The van der Waals surface area contributed by atoms with Gasteiger partial charge in [-0.05, 0) is 24.8 Å². The minimum atomic E-state index is -3.48. The molecule has 11 heteroatoms. The van der Waals surface area contributed by atoms with Crippen molar-refractivity contribution >= 4 is 21.8 Å². The molecular formula is C31H38N4O6S. The van der Waals surface area contributed by atoms with Crippen molar-refractivity contribution in [3.8, 4) is 11.3 Å². The summed E-state index contributed by atoms with van der Waals surface area (Å²) in [5.41, 5.74) is 0.952. The van der Waals surface area contributed by atoms with Crippen LogP contribution in [0.15, 0.2) is 67.0 Å². The van der Waals surface area contributed by atoms with E-state index >= 15 is 0 Å². The van der Waals surface area contributed by atoms with Crippen molar-refractivity contribution in [3.63, 3.8) is 0 Å². The van der Waals surface area contributed by atoms with E-state index in [0.29, 0.717) is 31.4 Å². The number of carbonyl (C=O) groups excluding carboxylic acids is 1. The van der Waals surface area contributed by atoms with Crippen LogP contribution in [0.2, 0.25) is 0 Å². The zero-order valence-corrected chi connectivity index (χ0v) is 24.6. The van der Waals surface area contributed by atoms with Gasteiger partial charge in [0.25, 0.3) is 5.91 Å². The summed E-state index contributed by atoms with van der Waals surface area (Å²) < 4.78 is 27.2. The lowest BCUT2D eigenvalue weighted by Gasteiger charge is -2.41. The maximum Gasteiger partial charge on any atom is 0.407 e. The van der Waals surface area contributed by atoms with Crippen LogP contribution in [0.1, 0.15) is 54.7 Å². The average molecular weight is 595 g/mol. The predicted molar refractivity (Wildman–Crippen MR) is 159 cm³/mol. The third-order valence-electron chi connectivity index (χ3n) is 8.57. The second-order valence-corrected chi connectivity index (χ2v) is 13.7. The SMILES string of the molecule is CCS(=O)(=O)CC1(O)CCCCC1n1cnc(C(=O)N2CCN(C(=O)O)C[C@H]2Cc2ccccc2)c1-c1ccccc1. The quantitative estimate of drug-likeness (QED) is 0.404. The fraction of sp³-hybridized carbons (Fsp3) is 0.452. The number of benzene rings is 2. The Morgan fingerprint density at radius 3 is 2.38 bits per heavy atom. The van der Waals surface area contributed by atoms with Gasteiger partial charge in [0.05, 0.1) is 35.5 Å². The van der Waals surface area contributed by atoms with E-state index in [9.17, 15) is 28.2 Å². The van der Waals surface area contributed by atoms with Crippen LogP contribution in [0.4, 0.5) is 4.79 Å². The average Bonchev–Trinajstić information content (AvgIpc) is 3.42. The molecular weight excluding hydrogens is 556 g/mol. The minimum Gasteiger partial charge on any atom is -0.465 e. The van der Waals surface area contributed by atoms with Crippen LogP contribution >= 0.6 is 0 Å². The normalized spacial score (nSPS) is 23.1. The lowest BCUT2D eigenvalue weighted by atomic mass is 9.81. The third-order valence-corrected chi connectivity index (χ3v) is 10.4. The molecule has 3 atom stereocenters. The Bertz CT molecular complexity index is 1510. The van der Waals surface area contributed by atoms with Crippen LogP contribution in [-0.4, -0.2) is 92.8 Å². The van der Waals surface area contributed by atoms with Crippen LogP contribution in [0, 0.1) is 0 Å². The highest BCUT2D eigenvalue weighted by Crippen LogP contribution is 2.42. The summed E-state index contributed by atoms with van der Waals surface area (Å²) in [4.78, 5) is 33.8. The lowest BCUT2D eigenvalue weighted by molar-refractivity contribution is -0.0212. The van der Waals surface area contributed by atoms with Crippen molar-refractivity contribution in [2.45, 2.75) is 56.7 Å². The Hall–Kier alpha value is -3.70. The van der Waals surface area contributed by atoms with E-state index in [1.807, 2.05) is 60.7 Å². The number of carbonyl (C=O) groups is 2.